The van der Waals surface area contributed by atoms with Crippen molar-refractivity contribution in [1.29, 1.82) is 0 Å². The summed E-state index contributed by atoms with van der Waals surface area (Å²) in [7, 11) is 0. The van der Waals surface area contributed by atoms with Crippen molar-refractivity contribution in [2.45, 2.75) is 0 Å². The largest absolute Gasteiger partial charge is 0.387 e. The third kappa shape index (κ3) is 3.92. The Balaban J connectivity index is 0.000000163. The third-order valence-electron chi connectivity index (χ3n) is 2.44. The Bertz CT molecular complexity index is 532. The van der Waals surface area contributed by atoms with Crippen LogP contribution in [-0.4, -0.2) is 11.9 Å². The van der Waals surface area contributed by atoms with Crippen LogP contribution in [0.25, 0.3) is 11.1 Å². The van der Waals surface area contributed by atoms with E-state index in [1.54, 1.807) is 0 Å². The highest BCUT2D eigenvalue weighted by Crippen LogP contribution is 2.17. The molecule has 1 aliphatic heterocycles. The smallest absolute Gasteiger partial charge is 0.338 e. The molecule has 1 heterocycles. The molecule has 0 spiro atoms. The van der Waals surface area contributed by atoms with Crippen LogP contribution in [0.1, 0.15) is 0 Å². The lowest BCUT2D eigenvalue weighted by atomic mass is 10.1. The number of carbonyl (C=O) groups is 2. The first-order chi connectivity index (χ1) is 9.25. The molecule has 94 valence electrons. The molecule has 3 heteroatoms. The van der Waals surface area contributed by atoms with Gasteiger partial charge in [-0.15, -0.1) is 0 Å². The highest BCUT2D eigenvalue weighted by atomic mass is 16.6. The molecule has 0 N–H and O–H groups in total. The van der Waals surface area contributed by atoms with E-state index in [2.05, 4.69) is 53.3 Å². The van der Waals surface area contributed by atoms with Crippen LogP contribution in [0.2, 0.25) is 0 Å². The van der Waals surface area contributed by atoms with Gasteiger partial charge in [0.15, 0.2) is 0 Å². The van der Waals surface area contributed by atoms with Gasteiger partial charge in [-0.3, -0.25) is 0 Å². The Morgan fingerprint density at radius 3 is 1.21 bits per heavy atom. The highest BCUT2D eigenvalue weighted by molar-refractivity contribution is 6.04. The minimum Gasteiger partial charge on any atom is -0.387 e. The standard InChI is InChI=1S/C12H10.C4H2O3/c1-3-7-11(8-4-1)12-9-5-2-6-10-12;5-3-1-2-4(6)7-3/h1-10H;1-2H. The first-order valence-electron chi connectivity index (χ1n) is 5.80. The number of hydrogen-bond donors (Lipinski definition) is 0. The van der Waals surface area contributed by atoms with E-state index in [4.69, 9.17) is 0 Å². The Hall–Kier alpha value is -2.68. The zero-order valence-corrected chi connectivity index (χ0v) is 10.2. The Morgan fingerprint density at radius 1 is 0.579 bits per heavy atom. The molecule has 3 rings (SSSR count). The number of cyclic esters (lactones) is 2. The second-order valence-corrected chi connectivity index (χ2v) is 3.81. The maximum absolute atomic E-state index is 9.92. The van der Waals surface area contributed by atoms with E-state index >= 15 is 0 Å². The van der Waals surface area contributed by atoms with Crippen LogP contribution in [0.15, 0.2) is 72.8 Å². The predicted octanol–water partition coefficient (Wildman–Crippen LogP) is 2.98. The fourth-order valence-corrected chi connectivity index (χ4v) is 1.56. The Kier molecular flexibility index (Phi) is 4.24. The maximum atomic E-state index is 9.92. The second kappa shape index (κ2) is 6.31. The van der Waals surface area contributed by atoms with Gasteiger partial charge in [-0.25, -0.2) is 9.59 Å². The molecule has 0 fully saturated rings. The van der Waals surface area contributed by atoms with Crippen molar-refractivity contribution >= 4 is 11.9 Å². The molecule has 0 saturated carbocycles. The van der Waals surface area contributed by atoms with E-state index in [1.807, 2.05) is 12.1 Å². The minimum atomic E-state index is -0.579. The molecule has 0 saturated heterocycles. The SMILES string of the molecule is O=C1C=CC(=O)O1.c1ccc(-c2ccccc2)cc1. The molecule has 0 amide bonds. The third-order valence-corrected chi connectivity index (χ3v) is 2.44. The van der Waals surface area contributed by atoms with E-state index in [0.29, 0.717) is 0 Å². The van der Waals surface area contributed by atoms with Gasteiger partial charge in [0.25, 0.3) is 0 Å². The van der Waals surface area contributed by atoms with Crippen molar-refractivity contribution in [2.75, 3.05) is 0 Å². The van der Waals surface area contributed by atoms with Crippen LogP contribution >= 0.6 is 0 Å². The van der Waals surface area contributed by atoms with Crippen molar-refractivity contribution in [3.63, 3.8) is 0 Å². The predicted molar refractivity (Wildman–Crippen MR) is 72.1 cm³/mol. The summed E-state index contributed by atoms with van der Waals surface area (Å²) < 4.78 is 3.97. The van der Waals surface area contributed by atoms with Gasteiger partial charge in [0, 0.05) is 12.2 Å². The van der Waals surface area contributed by atoms with Gasteiger partial charge in [0.05, 0.1) is 0 Å². The van der Waals surface area contributed by atoms with Crippen LogP contribution in [0.3, 0.4) is 0 Å². The summed E-state index contributed by atoms with van der Waals surface area (Å²) in [6.07, 6.45) is 2.17. The van der Waals surface area contributed by atoms with Crippen LogP contribution < -0.4 is 0 Å². The summed E-state index contributed by atoms with van der Waals surface area (Å²) in [6.45, 7) is 0. The number of ether oxygens (including phenoxy) is 1. The van der Waals surface area contributed by atoms with Gasteiger partial charge in [-0.1, -0.05) is 60.7 Å². The van der Waals surface area contributed by atoms with Crippen LogP contribution in [0, 0.1) is 0 Å². The average Bonchev–Trinajstić information content (AvgIpc) is 2.85. The molecule has 0 radical (unpaired) electrons. The maximum Gasteiger partial charge on any atom is 0.338 e. The molecule has 1 aliphatic rings. The summed E-state index contributed by atoms with van der Waals surface area (Å²) in [5.41, 5.74) is 2.55. The number of benzene rings is 2. The van der Waals surface area contributed by atoms with Gasteiger partial charge in [-0.2, -0.15) is 0 Å². The zero-order chi connectivity index (χ0) is 13.5. The molecule has 0 aromatic heterocycles. The van der Waals surface area contributed by atoms with E-state index in [-0.39, 0.29) is 0 Å². The molecule has 2 aromatic carbocycles. The lowest BCUT2D eigenvalue weighted by Gasteiger charge is -1.98. The number of hydrogen-bond acceptors (Lipinski definition) is 3. The summed E-state index contributed by atoms with van der Waals surface area (Å²) in [5.74, 6) is -1.16. The van der Waals surface area contributed by atoms with Crippen molar-refractivity contribution in [3.05, 3.63) is 72.8 Å². The summed E-state index contributed by atoms with van der Waals surface area (Å²) >= 11 is 0. The summed E-state index contributed by atoms with van der Waals surface area (Å²) in [5, 5.41) is 0. The molecule has 0 unspecified atom stereocenters. The normalized spacial score (nSPS) is 12.6. The van der Waals surface area contributed by atoms with Gasteiger partial charge >= 0.3 is 11.9 Å². The molecule has 2 aromatic rings. The average molecular weight is 252 g/mol. The van der Waals surface area contributed by atoms with Crippen molar-refractivity contribution in [3.8, 4) is 11.1 Å². The van der Waals surface area contributed by atoms with Gasteiger partial charge < -0.3 is 4.74 Å². The zero-order valence-electron chi connectivity index (χ0n) is 10.2. The minimum absolute atomic E-state index is 0.579. The fourth-order valence-electron chi connectivity index (χ4n) is 1.56. The summed E-state index contributed by atoms with van der Waals surface area (Å²) in [4.78, 5) is 19.8. The van der Waals surface area contributed by atoms with Crippen LogP contribution in [-0.2, 0) is 14.3 Å². The Labute approximate surface area is 111 Å². The van der Waals surface area contributed by atoms with E-state index < -0.39 is 11.9 Å². The van der Waals surface area contributed by atoms with Crippen LogP contribution in [0.5, 0.6) is 0 Å². The molecule has 0 bridgehead atoms. The van der Waals surface area contributed by atoms with Crippen molar-refractivity contribution in [1.82, 2.24) is 0 Å². The number of rotatable bonds is 1. The van der Waals surface area contributed by atoms with Crippen molar-refractivity contribution < 1.29 is 14.3 Å². The van der Waals surface area contributed by atoms with Gasteiger partial charge in [0.1, 0.15) is 0 Å². The molecule has 3 nitrogen and oxygen atoms in total. The first-order valence-corrected chi connectivity index (χ1v) is 5.80. The second-order valence-electron chi connectivity index (χ2n) is 3.81. The lowest BCUT2D eigenvalue weighted by molar-refractivity contribution is -0.150. The monoisotopic (exact) mass is 252 g/mol. The number of carbonyl (C=O) groups excluding carboxylic acids is 2. The Morgan fingerprint density at radius 2 is 0.947 bits per heavy atom. The van der Waals surface area contributed by atoms with Gasteiger partial charge in [-0.05, 0) is 11.1 Å². The van der Waals surface area contributed by atoms with Crippen LogP contribution in [0.4, 0.5) is 0 Å². The van der Waals surface area contributed by atoms with E-state index in [0.717, 1.165) is 12.2 Å². The molecule has 0 atom stereocenters. The quantitative estimate of drug-likeness (QED) is 0.579. The van der Waals surface area contributed by atoms with Crippen molar-refractivity contribution in [2.24, 2.45) is 0 Å². The number of esters is 2. The van der Waals surface area contributed by atoms with E-state index in [1.165, 1.54) is 11.1 Å². The lowest BCUT2D eigenvalue weighted by Crippen LogP contribution is -1.96. The first kappa shape index (κ1) is 12.8. The summed E-state index contributed by atoms with van der Waals surface area (Å²) in [6, 6.07) is 20.8. The van der Waals surface area contributed by atoms with E-state index in [9.17, 15) is 9.59 Å². The fraction of sp³-hybridized carbons (Fsp3) is 0. The highest BCUT2D eigenvalue weighted by Gasteiger charge is 2.10. The molecule has 19 heavy (non-hydrogen) atoms. The van der Waals surface area contributed by atoms with Gasteiger partial charge in [0.2, 0.25) is 0 Å². The molecular formula is C16H12O3. The topological polar surface area (TPSA) is 43.4 Å². The molecular weight excluding hydrogens is 240 g/mol. The molecule has 0 aliphatic carbocycles.